The molecule has 402 valence electrons. The number of fused-ring (bicyclic) bond motifs is 4. The molecule has 4 aromatic rings. The Bertz CT molecular complexity index is 3000. The summed E-state index contributed by atoms with van der Waals surface area (Å²) >= 11 is 0. The number of hydrogen-bond donors (Lipinski definition) is 0. The zero-order valence-electron chi connectivity index (χ0n) is 44.1. The van der Waals surface area contributed by atoms with Crippen LogP contribution in [0.3, 0.4) is 0 Å². The van der Waals surface area contributed by atoms with Crippen LogP contribution in [0, 0.1) is 0 Å². The van der Waals surface area contributed by atoms with Gasteiger partial charge in [-0.15, -0.1) is 0 Å². The number of methoxy groups -OCH3 is 4. The third-order valence-corrected chi connectivity index (χ3v) is 14.8. The fourth-order valence-electron chi connectivity index (χ4n) is 11.4. The van der Waals surface area contributed by atoms with Gasteiger partial charge in [-0.1, -0.05) is 30.1 Å². The van der Waals surface area contributed by atoms with Gasteiger partial charge in [0.2, 0.25) is 5.36 Å². The third kappa shape index (κ3) is 11.6. The van der Waals surface area contributed by atoms with Gasteiger partial charge in [0.15, 0.2) is 0 Å². The maximum Gasteiger partial charge on any atom is 0.325 e. The summed E-state index contributed by atoms with van der Waals surface area (Å²) in [7, 11) is 5.15. The van der Waals surface area contributed by atoms with E-state index < -0.39 is 23.9 Å². The molecule has 0 spiro atoms. The van der Waals surface area contributed by atoms with Crippen LogP contribution < -0.4 is 48.8 Å². The van der Waals surface area contributed by atoms with E-state index in [0.29, 0.717) is 48.2 Å². The Kier molecular flexibility index (Phi) is 17.3. The fraction of sp³-hybridized carbons (Fsp3) is 0.491. The molecule has 0 saturated heterocycles. The van der Waals surface area contributed by atoms with Gasteiger partial charge in [-0.3, -0.25) is 19.2 Å². The molecular formula is C57H68N7O12+. The van der Waals surface area contributed by atoms with Crippen molar-refractivity contribution in [3.05, 3.63) is 103 Å². The molecule has 0 unspecified atom stereocenters. The number of unbranched alkanes of at least 4 members (excludes halogenated alkanes) is 3. The first-order valence-electron chi connectivity index (χ1n) is 26.5. The van der Waals surface area contributed by atoms with Crippen molar-refractivity contribution < 1.29 is 57.1 Å². The van der Waals surface area contributed by atoms with Crippen LogP contribution >= 0.6 is 0 Å². The van der Waals surface area contributed by atoms with E-state index in [4.69, 9.17) is 43.4 Å². The summed E-state index contributed by atoms with van der Waals surface area (Å²) < 4.78 is 50.2. The first-order valence-corrected chi connectivity index (χ1v) is 26.5. The first-order chi connectivity index (χ1) is 37.1. The van der Waals surface area contributed by atoms with E-state index in [1.54, 1.807) is 29.2 Å². The molecule has 0 atom stereocenters. The summed E-state index contributed by atoms with van der Waals surface area (Å²) in [6, 6.07) is 15.4. The minimum atomic E-state index is -0.583. The SMILES string of the molecule is COC(=O)CN(CC(=O)OC)c1ccccc1OCCOc1cc(OCCCCCCN=[N+]=[N-])c(C2=c3cc4c5c(c3Oc3c2cc2c6c3CCCN6CCC2)CCC[N+]=5CCC4)cc1N(CC(=O)OC)CC(=O)OC. The number of anilines is 3. The second kappa shape index (κ2) is 24.8. The molecule has 19 nitrogen and oxygen atoms in total. The van der Waals surface area contributed by atoms with E-state index in [1.165, 1.54) is 66.6 Å². The van der Waals surface area contributed by atoms with Gasteiger partial charge in [-0.25, -0.2) is 4.58 Å². The lowest BCUT2D eigenvalue weighted by Crippen LogP contribution is -2.45. The maximum atomic E-state index is 13.4. The molecule has 0 radical (unpaired) electrons. The van der Waals surface area contributed by atoms with E-state index in [2.05, 4.69) is 31.6 Å². The maximum absolute atomic E-state index is 13.4. The van der Waals surface area contributed by atoms with Gasteiger partial charge in [0.25, 0.3) is 0 Å². The molecule has 0 saturated carbocycles. The van der Waals surface area contributed by atoms with Crippen LogP contribution in [0.1, 0.15) is 84.7 Å². The number of esters is 4. The molecular weight excluding hydrogens is 975 g/mol. The number of carbonyl (C=O) groups is 4. The van der Waals surface area contributed by atoms with Gasteiger partial charge in [0.1, 0.15) is 81.2 Å². The summed E-state index contributed by atoms with van der Waals surface area (Å²) in [5, 5.41) is 5.97. The third-order valence-electron chi connectivity index (χ3n) is 14.8. The van der Waals surface area contributed by atoms with Crippen LogP contribution in [0.15, 0.2) is 53.6 Å². The number of nitrogens with zero attached hydrogens (tertiary/aromatic N) is 7. The summed E-state index contributed by atoms with van der Waals surface area (Å²) in [6.07, 6.45) is 10.9. The fourth-order valence-corrected chi connectivity index (χ4v) is 11.4. The average molecular weight is 1040 g/mol. The number of azide groups is 1. The largest absolute Gasteiger partial charge is 0.493 e. The summed E-state index contributed by atoms with van der Waals surface area (Å²) in [4.78, 5) is 60.3. The Morgan fingerprint density at radius 2 is 1.24 bits per heavy atom. The molecule has 0 aromatic heterocycles. The molecule has 0 fully saturated rings. The summed E-state index contributed by atoms with van der Waals surface area (Å²) in [6.45, 7) is 3.66. The van der Waals surface area contributed by atoms with Crippen molar-refractivity contribution in [2.45, 2.75) is 77.0 Å². The highest BCUT2D eigenvalue weighted by atomic mass is 16.5. The van der Waals surface area contributed by atoms with Gasteiger partial charge >= 0.3 is 23.9 Å². The number of hydrogen-bond acceptors (Lipinski definition) is 16. The lowest BCUT2D eigenvalue weighted by Gasteiger charge is -2.39. The van der Waals surface area contributed by atoms with Gasteiger partial charge in [0.05, 0.1) is 52.0 Å². The van der Waals surface area contributed by atoms with E-state index in [0.717, 1.165) is 130 Å². The van der Waals surface area contributed by atoms with Crippen molar-refractivity contribution in [3.63, 3.8) is 0 Å². The molecule has 0 aliphatic carbocycles. The van der Waals surface area contributed by atoms with Crippen LogP contribution in [0.25, 0.3) is 16.0 Å². The highest BCUT2D eigenvalue weighted by Crippen LogP contribution is 2.51. The van der Waals surface area contributed by atoms with Crippen molar-refractivity contribution in [3.8, 4) is 28.7 Å². The van der Waals surface area contributed by atoms with Crippen molar-refractivity contribution in [1.82, 2.24) is 4.58 Å². The van der Waals surface area contributed by atoms with Crippen LogP contribution in [-0.2, 0) is 63.8 Å². The molecule has 0 N–H and O–H groups in total. The molecule has 9 rings (SSSR count). The first kappa shape index (κ1) is 53.2. The van der Waals surface area contributed by atoms with Crippen LogP contribution in [0.4, 0.5) is 17.1 Å². The molecule has 5 aliphatic heterocycles. The predicted octanol–water partition coefficient (Wildman–Crippen LogP) is 6.13. The molecule has 5 aliphatic rings. The smallest absolute Gasteiger partial charge is 0.325 e. The average Bonchev–Trinajstić information content (AvgIpc) is 3.51. The molecule has 4 aromatic carbocycles. The number of aryl methyl sites for hydroxylation is 2. The van der Waals surface area contributed by atoms with E-state index in [9.17, 15) is 19.2 Å². The highest BCUT2D eigenvalue weighted by molar-refractivity contribution is 5.93. The lowest BCUT2D eigenvalue weighted by atomic mass is 9.82. The number of benzene rings is 4. The second-order valence-electron chi connectivity index (χ2n) is 19.6. The van der Waals surface area contributed by atoms with Crippen LogP contribution in [-0.4, -0.2) is 131 Å². The highest BCUT2D eigenvalue weighted by Gasteiger charge is 2.37. The van der Waals surface area contributed by atoms with Crippen molar-refractivity contribution in [2.75, 3.05) is 122 Å². The Morgan fingerprint density at radius 3 is 1.93 bits per heavy atom. The Hall–Kier alpha value is -7.66. The zero-order valence-corrected chi connectivity index (χ0v) is 44.1. The van der Waals surface area contributed by atoms with Crippen molar-refractivity contribution in [1.29, 1.82) is 0 Å². The monoisotopic (exact) mass is 1040 g/mol. The Labute approximate surface area is 442 Å². The second-order valence-corrected chi connectivity index (χ2v) is 19.6. The van der Waals surface area contributed by atoms with E-state index in [1.807, 2.05) is 12.1 Å². The lowest BCUT2D eigenvalue weighted by molar-refractivity contribution is -0.141. The quantitative estimate of drug-likeness (QED) is 0.0130. The number of ether oxygens (including phenoxy) is 8. The predicted molar refractivity (Wildman–Crippen MR) is 285 cm³/mol. The molecule has 76 heavy (non-hydrogen) atoms. The normalized spacial score (nSPS) is 14.6. The minimum absolute atomic E-state index is 0.00614. The van der Waals surface area contributed by atoms with E-state index >= 15 is 0 Å². The van der Waals surface area contributed by atoms with Crippen LogP contribution in [0.5, 0.6) is 28.7 Å². The van der Waals surface area contributed by atoms with Crippen LogP contribution in [0.2, 0.25) is 0 Å². The molecule has 0 bridgehead atoms. The van der Waals surface area contributed by atoms with Gasteiger partial charge < -0.3 is 52.6 Å². The topological polar surface area (TPSA) is 204 Å². The summed E-state index contributed by atoms with van der Waals surface area (Å²) in [5.41, 5.74) is 18.7. The van der Waals surface area contributed by atoms with Gasteiger partial charge in [0, 0.05) is 82.2 Å². The Morgan fingerprint density at radius 1 is 0.632 bits per heavy atom. The number of rotatable bonds is 24. The summed E-state index contributed by atoms with van der Waals surface area (Å²) in [5.74, 6) is 0.648. The molecule has 0 amide bonds. The van der Waals surface area contributed by atoms with Gasteiger partial charge in [-0.05, 0) is 92.8 Å². The zero-order chi connectivity index (χ0) is 53.1. The standard InChI is InChI=1S/C57H68N7O12/c1-69-49(65)33-63(34-50(66)70-2)44-19-7-8-20-46(44)74-27-28-75-48-32-47(73-26-10-6-5-9-21-59-60-58)41(31-45(48)64(35-51(67)71-3)36-52(68)72-4)53-42-29-37-15-11-22-61-24-13-17-39(54(37)61)56(42)76-57-40-18-14-25-62-23-12-16-38(55(40)62)30-43(53)57/h7-8,19-20,29-32H,5-6,9-18,21-28,33-36H2,1-4H3/q+1. The van der Waals surface area contributed by atoms with Crippen molar-refractivity contribution in [2.24, 2.45) is 5.11 Å². The number of para-hydroxylation sites is 2. The minimum Gasteiger partial charge on any atom is -0.493 e. The number of carbonyl (C=O) groups excluding carboxylic acids is 4. The Balaban J connectivity index is 1.20. The van der Waals surface area contributed by atoms with Gasteiger partial charge in [-0.2, -0.15) is 0 Å². The molecule has 5 heterocycles. The van der Waals surface area contributed by atoms with Crippen molar-refractivity contribution >= 4 is 46.5 Å². The molecule has 19 heteroatoms. The van der Waals surface area contributed by atoms with E-state index in [-0.39, 0.29) is 39.4 Å².